The van der Waals surface area contributed by atoms with Crippen molar-refractivity contribution in [3.63, 3.8) is 0 Å². The average Bonchev–Trinajstić information content (AvgIpc) is 2.86. The average molecular weight is 242 g/mol. The first-order valence-electron chi connectivity index (χ1n) is 6.13. The summed E-state index contributed by atoms with van der Waals surface area (Å²) in [5.41, 5.74) is 2.45. The van der Waals surface area contributed by atoms with Crippen LogP contribution < -0.4 is 4.74 Å². The van der Waals surface area contributed by atoms with Gasteiger partial charge < -0.3 is 9.15 Å². The quantitative estimate of drug-likeness (QED) is 0.777. The lowest BCUT2D eigenvalue weighted by atomic mass is 10.0. The molecule has 1 aliphatic heterocycles. The number of fused-ring (bicyclic) bond motifs is 1. The van der Waals surface area contributed by atoms with Crippen molar-refractivity contribution >= 4 is 6.29 Å². The molecule has 18 heavy (non-hydrogen) atoms. The molecule has 3 heteroatoms. The lowest BCUT2D eigenvalue weighted by Crippen LogP contribution is -2.08. The number of carbonyl (C=O) groups is 1. The molecule has 1 aromatic carbocycles. The Morgan fingerprint density at radius 1 is 1.22 bits per heavy atom. The SMILES string of the molecule is O=Cc1ccc(Cc2ccc3c(c2)CCCO3)o1. The maximum absolute atomic E-state index is 10.6. The zero-order chi connectivity index (χ0) is 12.4. The molecule has 0 radical (unpaired) electrons. The molecule has 1 aromatic heterocycles. The summed E-state index contributed by atoms with van der Waals surface area (Å²) in [5, 5.41) is 0. The fraction of sp³-hybridized carbons (Fsp3) is 0.267. The molecule has 0 atom stereocenters. The van der Waals surface area contributed by atoms with Gasteiger partial charge in [0.2, 0.25) is 0 Å². The molecule has 3 nitrogen and oxygen atoms in total. The van der Waals surface area contributed by atoms with E-state index in [1.807, 2.05) is 18.2 Å². The van der Waals surface area contributed by atoms with Gasteiger partial charge in [-0.15, -0.1) is 0 Å². The second-order valence-electron chi connectivity index (χ2n) is 4.49. The summed E-state index contributed by atoms with van der Waals surface area (Å²) in [7, 11) is 0. The molecule has 0 unspecified atom stereocenters. The van der Waals surface area contributed by atoms with Crippen LogP contribution in [0.15, 0.2) is 34.7 Å². The predicted octanol–water partition coefficient (Wildman–Crippen LogP) is 3.01. The van der Waals surface area contributed by atoms with Crippen LogP contribution >= 0.6 is 0 Å². The van der Waals surface area contributed by atoms with Crippen LogP contribution in [0.5, 0.6) is 5.75 Å². The van der Waals surface area contributed by atoms with Gasteiger partial charge in [-0.1, -0.05) is 12.1 Å². The first-order valence-corrected chi connectivity index (χ1v) is 6.13. The van der Waals surface area contributed by atoms with Gasteiger partial charge in [0.15, 0.2) is 12.0 Å². The van der Waals surface area contributed by atoms with Crippen molar-refractivity contribution in [2.45, 2.75) is 19.3 Å². The molecule has 0 spiro atoms. The van der Waals surface area contributed by atoms with E-state index in [4.69, 9.17) is 9.15 Å². The standard InChI is InChI=1S/C15H14O3/c16-10-14-5-4-13(18-14)9-11-3-6-15-12(8-11)2-1-7-17-15/h3-6,8,10H,1-2,7,9H2. The Hall–Kier alpha value is -2.03. The van der Waals surface area contributed by atoms with Crippen LogP contribution in [0.3, 0.4) is 0 Å². The molecule has 2 heterocycles. The van der Waals surface area contributed by atoms with Crippen molar-refractivity contribution in [2.75, 3.05) is 6.61 Å². The van der Waals surface area contributed by atoms with Crippen LogP contribution in [-0.2, 0) is 12.8 Å². The summed E-state index contributed by atoms with van der Waals surface area (Å²) in [6.45, 7) is 0.813. The van der Waals surface area contributed by atoms with Crippen LogP contribution in [-0.4, -0.2) is 12.9 Å². The Labute approximate surface area is 105 Å². The smallest absolute Gasteiger partial charge is 0.185 e. The molecule has 0 saturated heterocycles. The fourth-order valence-electron chi connectivity index (χ4n) is 2.28. The third kappa shape index (κ3) is 2.16. The number of carbonyl (C=O) groups excluding carboxylic acids is 1. The molecular weight excluding hydrogens is 228 g/mol. The first-order chi connectivity index (χ1) is 8.85. The van der Waals surface area contributed by atoms with Gasteiger partial charge in [-0.05, 0) is 42.2 Å². The molecule has 1 aliphatic rings. The highest BCUT2D eigenvalue weighted by molar-refractivity contribution is 5.70. The van der Waals surface area contributed by atoms with Gasteiger partial charge >= 0.3 is 0 Å². The maximum Gasteiger partial charge on any atom is 0.185 e. The second-order valence-corrected chi connectivity index (χ2v) is 4.49. The Kier molecular flexibility index (Phi) is 2.89. The lowest BCUT2D eigenvalue weighted by Gasteiger charge is -2.17. The number of hydrogen-bond acceptors (Lipinski definition) is 3. The predicted molar refractivity (Wildman–Crippen MR) is 67.2 cm³/mol. The summed E-state index contributed by atoms with van der Waals surface area (Å²) in [4.78, 5) is 10.6. The van der Waals surface area contributed by atoms with E-state index in [0.717, 1.165) is 37.2 Å². The minimum Gasteiger partial charge on any atom is -0.493 e. The van der Waals surface area contributed by atoms with E-state index in [1.165, 1.54) is 11.1 Å². The normalized spacial score (nSPS) is 13.8. The number of rotatable bonds is 3. The maximum atomic E-state index is 10.6. The Balaban J connectivity index is 1.82. The largest absolute Gasteiger partial charge is 0.493 e. The molecule has 2 aromatic rings. The highest BCUT2D eigenvalue weighted by atomic mass is 16.5. The third-order valence-electron chi connectivity index (χ3n) is 3.15. The minimum absolute atomic E-state index is 0.381. The van der Waals surface area contributed by atoms with Gasteiger partial charge in [-0.3, -0.25) is 4.79 Å². The number of hydrogen-bond donors (Lipinski definition) is 0. The molecular formula is C15H14O3. The van der Waals surface area contributed by atoms with Crippen LogP contribution in [0.2, 0.25) is 0 Å². The van der Waals surface area contributed by atoms with E-state index < -0.39 is 0 Å². The Morgan fingerprint density at radius 3 is 3.00 bits per heavy atom. The molecule has 0 N–H and O–H groups in total. The molecule has 0 aliphatic carbocycles. The molecule has 92 valence electrons. The molecule has 3 rings (SSSR count). The Morgan fingerprint density at radius 2 is 2.17 bits per heavy atom. The number of benzene rings is 1. The molecule has 0 amide bonds. The fourth-order valence-corrected chi connectivity index (χ4v) is 2.28. The number of aldehydes is 1. The van der Waals surface area contributed by atoms with Crippen LogP contribution in [0.1, 0.15) is 33.9 Å². The topological polar surface area (TPSA) is 39.4 Å². The van der Waals surface area contributed by atoms with Crippen molar-refractivity contribution < 1.29 is 13.9 Å². The zero-order valence-electron chi connectivity index (χ0n) is 10.0. The van der Waals surface area contributed by atoms with Gasteiger partial charge in [-0.2, -0.15) is 0 Å². The third-order valence-corrected chi connectivity index (χ3v) is 3.15. The van der Waals surface area contributed by atoms with E-state index in [9.17, 15) is 4.79 Å². The lowest BCUT2D eigenvalue weighted by molar-refractivity contribution is 0.109. The van der Waals surface area contributed by atoms with Crippen molar-refractivity contribution in [3.05, 3.63) is 53.0 Å². The first kappa shape index (κ1) is 11.1. The van der Waals surface area contributed by atoms with Crippen LogP contribution in [0, 0.1) is 0 Å². The van der Waals surface area contributed by atoms with Crippen molar-refractivity contribution in [2.24, 2.45) is 0 Å². The van der Waals surface area contributed by atoms with E-state index in [0.29, 0.717) is 12.2 Å². The summed E-state index contributed by atoms with van der Waals surface area (Å²) in [6.07, 6.45) is 3.58. The number of ether oxygens (including phenoxy) is 1. The van der Waals surface area contributed by atoms with Crippen molar-refractivity contribution in [1.29, 1.82) is 0 Å². The monoisotopic (exact) mass is 242 g/mol. The van der Waals surface area contributed by atoms with Gasteiger partial charge in [0.05, 0.1) is 6.61 Å². The van der Waals surface area contributed by atoms with E-state index >= 15 is 0 Å². The Bertz CT molecular complexity index is 569. The molecule has 0 saturated carbocycles. The molecule has 0 fully saturated rings. The summed E-state index contributed by atoms with van der Waals surface area (Å²) in [6, 6.07) is 9.78. The number of furan rings is 1. The van der Waals surface area contributed by atoms with Crippen molar-refractivity contribution in [1.82, 2.24) is 0 Å². The molecule has 0 bridgehead atoms. The van der Waals surface area contributed by atoms with Gasteiger partial charge in [-0.25, -0.2) is 0 Å². The highest BCUT2D eigenvalue weighted by Gasteiger charge is 2.11. The highest BCUT2D eigenvalue weighted by Crippen LogP contribution is 2.26. The summed E-state index contributed by atoms with van der Waals surface area (Å²) >= 11 is 0. The van der Waals surface area contributed by atoms with E-state index in [-0.39, 0.29) is 0 Å². The van der Waals surface area contributed by atoms with E-state index in [1.54, 1.807) is 6.07 Å². The van der Waals surface area contributed by atoms with Gasteiger partial charge in [0.25, 0.3) is 0 Å². The van der Waals surface area contributed by atoms with Gasteiger partial charge in [0, 0.05) is 6.42 Å². The van der Waals surface area contributed by atoms with E-state index in [2.05, 4.69) is 6.07 Å². The van der Waals surface area contributed by atoms with Gasteiger partial charge in [0.1, 0.15) is 11.5 Å². The zero-order valence-corrected chi connectivity index (χ0v) is 10.0. The summed E-state index contributed by atoms with van der Waals surface area (Å²) < 4.78 is 11.0. The van der Waals surface area contributed by atoms with Crippen molar-refractivity contribution in [3.8, 4) is 5.75 Å². The second kappa shape index (κ2) is 4.69. The minimum atomic E-state index is 0.381. The van der Waals surface area contributed by atoms with Crippen LogP contribution in [0.4, 0.5) is 0 Å². The van der Waals surface area contributed by atoms with Crippen LogP contribution in [0.25, 0.3) is 0 Å². The number of aryl methyl sites for hydroxylation is 1. The summed E-state index contributed by atoms with van der Waals surface area (Å²) in [5.74, 6) is 2.19.